The van der Waals surface area contributed by atoms with Crippen molar-refractivity contribution in [2.75, 3.05) is 20.2 Å². The molecule has 0 aliphatic rings. The van der Waals surface area contributed by atoms with Crippen molar-refractivity contribution in [3.8, 4) is 5.75 Å². The SMILES string of the molecule is Cc1ccccc1OCCCN(C)C(C)C(=O)O. The molecule has 18 heavy (non-hydrogen) atoms. The number of aryl methyl sites for hydroxylation is 1. The number of carboxylic acids is 1. The molecule has 1 atom stereocenters. The second-order valence-corrected chi connectivity index (χ2v) is 4.46. The fraction of sp³-hybridized carbons (Fsp3) is 0.500. The van der Waals surface area contributed by atoms with Crippen LogP contribution in [0.3, 0.4) is 0 Å². The van der Waals surface area contributed by atoms with Gasteiger partial charge in [0.1, 0.15) is 11.8 Å². The van der Waals surface area contributed by atoms with E-state index in [4.69, 9.17) is 9.84 Å². The molecule has 0 saturated heterocycles. The molecule has 0 spiro atoms. The van der Waals surface area contributed by atoms with E-state index in [0.29, 0.717) is 13.2 Å². The third-order valence-corrected chi connectivity index (χ3v) is 3.02. The molecular formula is C14H21NO3. The predicted molar refractivity (Wildman–Crippen MR) is 71.0 cm³/mol. The number of carboxylic acid groups (broad SMARTS) is 1. The van der Waals surface area contributed by atoms with Gasteiger partial charge in [0, 0.05) is 6.54 Å². The summed E-state index contributed by atoms with van der Waals surface area (Å²) in [5.74, 6) is 0.101. The van der Waals surface area contributed by atoms with E-state index in [1.807, 2.05) is 43.1 Å². The lowest BCUT2D eigenvalue weighted by Crippen LogP contribution is -2.36. The zero-order chi connectivity index (χ0) is 13.5. The summed E-state index contributed by atoms with van der Waals surface area (Å²) >= 11 is 0. The maximum atomic E-state index is 10.8. The van der Waals surface area contributed by atoms with Gasteiger partial charge in [0.25, 0.3) is 0 Å². The standard InChI is InChI=1S/C14H21NO3/c1-11-7-4-5-8-13(11)18-10-6-9-15(3)12(2)14(16)17/h4-5,7-8,12H,6,9-10H2,1-3H3,(H,16,17). The Hall–Kier alpha value is -1.55. The third kappa shape index (κ3) is 4.37. The molecule has 4 heteroatoms. The lowest BCUT2D eigenvalue weighted by molar-refractivity contribution is -0.142. The van der Waals surface area contributed by atoms with E-state index < -0.39 is 12.0 Å². The Balaban J connectivity index is 2.27. The van der Waals surface area contributed by atoms with Gasteiger partial charge in [-0.2, -0.15) is 0 Å². The summed E-state index contributed by atoms with van der Waals surface area (Å²) in [5.41, 5.74) is 1.12. The summed E-state index contributed by atoms with van der Waals surface area (Å²) in [5, 5.41) is 8.85. The Labute approximate surface area is 108 Å². The van der Waals surface area contributed by atoms with Gasteiger partial charge in [-0.05, 0) is 38.9 Å². The van der Waals surface area contributed by atoms with Crippen LogP contribution in [0.2, 0.25) is 0 Å². The van der Waals surface area contributed by atoms with Crippen molar-refractivity contribution in [2.45, 2.75) is 26.3 Å². The highest BCUT2D eigenvalue weighted by molar-refractivity contribution is 5.72. The summed E-state index contributed by atoms with van der Waals surface area (Å²) in [4.78, 5) is 12.6. The van der Waals surface area contributed by atoms with Crippen LogP contribution in [0, 0.1) is 6.92 Å². The molecule has 1 unspecified atom stereocenters. The Morgan fingerprint density at radius 2 is 2.11 bits per heavy atom. The van der Waals surface area contributed by atoms with Crippen LogP contribution in [0.4, 0.5) is 0 Å². The van der Waals surface area contributed by atoms with Crippen LogP contribution < -0.4 is 4.74 Å². The van der Waals surface area contributed by atoms with E-state index in [-0.39, 0.29) is 0 Å². The maximum absolute atomic E-state index is 10.8. The monoisotopic (exact) mass is 251 g/mol. The van der Waals surface area contributed by atoms with Crippen molar-refractivity contribution in [1.29, 1.82) is 0 Å². The largest absolute Gasteiger partial charge is 0.493 e. The zero-order valence-electron chi connectivity index (χ0n) is 11.2. The Morgan fingerprint density at radius 1 is 1.44 bits per heavy atom. The smallest absolute Gasteiger partial charge is 0.320 e. The summed E-state index contributed by atoms with van der Waals surface area (Å²) in [6.45, 7) is 5.00. The van der Waals surface area contributed by atoms with Crippen LogP contribution in [-0.4, -0.2) is 42.2 Å². The Morgan fingerprint density at radius 3 is 2.72 bits per heavy atom. The fourth-order valence-electron chi connectivity index (χ4n) is 1.60. The topological polar surface area (TPSA) is 49.8 Å². The van der Waals surface area contributed by atoms with Crippen LogP contribution in [0.15, 0.2) is 24.3 Å². The molecule has 0 aromatic heterocycles. The minimum Gasteiger partial charge on any atom is -0.493 e. The van der Waals surface area contributed by atoms with Crippen molar-refractivity contribution < 1.29 is 14.6 Å². The second-order valence-electron chi connectivity index (χ2n) is 4.46. The van der Waals surface area contributed by atoms with E-state index in [0.717, 1.165) is 17.7 Å². The number of carbonyl (C=O) groups is 1. The molecule has 0 heterocycles. The summed E-state index contributed by atoms with van der Waals surface area (Å²) in [6.07, 6.45) is 0.808. The molecule has 1 N–H and O–H groups in total. The first-order valence-corrected chi connectivity index (χ1v) is 6.14. The van der Waals surface area contributed by atoms with Crippen LogP contribution in [0.1, 0.15) is 18.9 Å². The Kier molecular flexibility index (Phi) is 5.65. The number of para-hydroxylation sites is 1. The Bertz CT molecular complexity index is 392. The first-order valence-electron chi connectivity index (χ1n) is 6.14. The lowest BCUT2D eigenvalue weighted by Gasteiger charge is -2.20. The number of likely N-dealkylation sites (N-methyl/N-ethyl adjacent to an activating group) is 1. The lowest BCUT2D eigenvalue weighted by atomic mass is 10.2. The average Bonchev–Trinajstić information content (AvgIpc) is 2.35. The minimum atomic E-state index is -0.794. The maximum Gasteiger partial charge on any atom is 0.320 e. The summed E-state index contributed by atoms with van der Waals surface area (Å²) in [7, 11) is 1.81. The van der Waals surface area contributed by atoms with Gasteiger partial charge < -0.3 is 9.84 Å². The molecule has 1 rings (SSSR count). The molecule has 4 nitrogen and oxygen atoms in total. The van der Waals surface area contributed by atoms with Crippen molar-refractivity contribution >= 4 is 5.97 Å². The highest BCUT2D eigenvalue weighted by Crippen LogP contribution is 2.16. The number of benzene rings is 1. The quantitative estimate of drug-likeness (QED) is 0.755. The van der Waals surface area contributed by atoms with Crippen molar-refractivity contribution in [1.82, 2.24) is 4.90 Å². The van der Waals surface area contributed by atoms with Crippen molar-refractivity contribution in [3.05, 3.63) is 29.8 Å². The highest BCUT2D eigenvalue weighted by atomic mass is 16.5. The first-order chi connectivity index (χ1) is 8.52. The van der Waals surface area contributed by atoms with E-state index in [1.165, 1.54) is 0 Å². The van der Waals surface area contributed by atoms with Gasteiger partial charge >= 0.3 is 5.97 Å². The molecule has 0 radical (unpaired) electrons. The highest BCUT2D eigenvalue weighted by Gasteiger charge is 2.15. The molecule has 0 aliphatic heterocycles. The number of rotatable bonds is 7. The molecule has 100 valence electrons. The van der Waals surface area contributed by atoms with Gasteiger partial charge in [-0.3, -0.25) is 9.69 Å². The third-order valence-electron chi connectivity index (χ3n) is 3.02. The van der Waals surface area contributed by atoms with Gasteiger partial charge in [-0.1, -0.05) is 18.2 Å². The normalized spacial score (nSPS) is 12.4. The number of ether oxygens (including phenoxy) is 1. The van der Waals surface area contributed by atoms with Crippen molar-refractivity contribution in [2.24, 2.45) is 0 Å². The van der Waals surface area contributed by atoms with E-state index >= 15 is 0 Å². The molecule has 1 aromatic rings. The van der Waals surface area contributed by atoms with Crippen LogP contribution >= 0.6 is 0 Å². The second kappa shape index (κ2) is 7.01. The van der Waals surface area contributed by atoms with Crippen LogP contribution in [-0.2, 0) is 4.79 Å². The van der Waals surface area contributed by atoms with Gasteiger partial charge in [-0.15, -0.1) is 0 Å². The molecule has 0 amide bonds. The van der Waals surface area contributed by atoms with Crippen LogP contribution in [0.25, 0.3) is 0 Å². The van der Waals surface area contributed by atoms with Gasteiger partial charge in [0.05, 0.1) is 6.61 Å². The van der Waals surface area contributed by atoms with Gasteiger partial charge in [0.15, 0.2) is 0 Å². The van der Waals surface area contributed by atoms with Crippen molar-refractivity contribution in [3.63, 3.8) is 0 Å². The summed E-state index contributed by atoms with van der Waals surface area (Å²) in [6, 6.07) is 7.42. The zero-order valence-corrected chi connectivity index (χ0v) is 11.2. The number of hydrogen-bond donors (Lipinski definition) is 1. The van der Waals surface area contributed by atoms with E-state index in [1.54, 1.807) is 6.92 Å². The minimum absolute atomic E-state index is 0.455. The van der Waals surface area contributed by atoms with Gasteiger partial charge in [0.2, 0.25) is 0 Å². The molecule has 0 aliphatic carbocycles. The predicted octanol–water partition coefficient (Wildman–Crippen LogP) is 2.17. The van der Waals surface area contributed by atoms with E-state index in [2.05, 4.69) is 0 Å². The fourth-order valence-corrected chi connectivity index (χ4v) is 1.60. The summed E-state index contributed by atoms with van der Waals surface area (Å²) < 4.78 is 5.65. The molecule has 0 saturated carbocycles. The number of nitrogens with zero attached hydrogens (tertiary/aromatic N) is 1. The number of hydrogen-bond acceptors (Lipinski definition) is 3. The first kappa shape index (κ1) is 14.5. The number of aliphatic carboxylic acids is 1. The molecule has 0 bridgehead atoms. The average molecular weight is 251 g/mol. The van der Waals surface area contributed by atoms with E-state index in [9.17, 15) is 4.79 Å². The molecular weight excluding hydrogens is 230 g/mol. The molecule has 1 aromatic carbocycles. The van der Waals surface area contributed by atoms with Crippen LogP contribution in [0.5, 0.6) is 5.75 Å². The van der Waals surface area contributed by atoms with Gasteiger partial charge in [-0.25, -0.2) is 0 Å². The molecule has 0 fully saturated rings.